The van der Waals surface area contributed by atoms with Crippen LogP contribution in [0.2, 0.25) is 0 Å². The molecule has 3 aromatic rings. The maximum atomic E-state index is 13.0. The third kappa shape index (κ3) is 9.83. The summed E-state index contributed by atoms with van der Waals surface area (Å²) in [5.41, 5.74) is 2.09. The first-order chi connectivity index (χ1) is 17.2. The minimum absolute atomic E-state index is 0.0714. The molecule has 2 aromatic heterocycles. The summed E-state index contributed by atoms with van der Waals surface area (Å²) in [5.74, 6) is 0.670. The largest absolute Gasteiger partial charge is 0.433 e. The van der Waals surface area contributed by atoms with E-state index in [2.05, 4.69) is 39.2 Å². The van der Waals surface area contributed by atoms with Crippen LogP contribution in [0.25, 0.3) is 0 Å². The first-order valence-electron chi connectivity index (χ1n) is 12.7. The summed E-state index contributed by atoms with van der Waals surface area (Å²) < 4.78 is 34.2. The summed E-state index contributed by atoms with van der Waals surface area (Å²) in [5, 5.41) is 16.5. The van der Waals surface area contributed by atoms with Crippen LogP contribution >= 0.6 is 0 Å². The Morgan fingerprint density at radius 3 is 2.44 bits per heavy atom. The predicted octanol–water partition coefficient (Wildman–Crippen LogP) is 5.53. The minimum Gasteiger partial charge on any atom is -0.433 e. The summed E-state index contributed by atoms with van der Waals surface area (Å²) in [6.45, 7) is 6.61. The lowest BCUT2D eigenvalue weighted by atomic mass is 10.0. The van der Waals surface area contributed by atoms with Crippen molar-refractivity contribution in [2.45, 2.75) is 91.3 Å². The molecule has 0 radical (unpaired) electrons. The van der Waals surface area contributed by atoms with Gasteiger partial charge in [-0.1, -0.05) is 49.2 Å². The number of carbonyl (C=O) groups is 1. The molecule has 0 bridgehead atoms. The summed E-state index contributed by atoms with van der Waals surface area (Å²) >= 11 is 0. The summed E-state index contributed by atoms with van der Waals surface area (Å²) in [6.07, 6.45) is 7.39. The quantitative estimate of drug-likeness (QED) is 0.189. The molecule has 0 saturated heterocycles. The Balaban J connectivity index is 1.36. The summed E-state index contributed by atoms with van der Waals surface area (Å²) in [6, 6.07) is 6.39. The number of rotatable bonds is 16. The lowest BCUT2D eigenvalue weighted by Gasteiger charge is -2.13. The van der Waals surface area contributed by atoms with Crippen LogP contribution in [0.5, 0.6) is 5.75 Å². The number of ether oxygens (including phenoxy) is 1. The Kier molecular flexibility index (Phi) is 10.1. The number of unbranched alkanes of at least 4 members (excludes halogenated alkanes) is 2. The molecule has 0 aliphatic rings. The van der Waals surface area contributed by atoms with Crippen LogP contribution in [-0.2, 0) is 25.9 Å². The van der Waals surface area contributed by atoms with Crippen LogP contribution in [0.3, 0.4) is 0 Å². The molecular formula is C26H36F2N6O2. The van der Waals surface area contributed by atoms with Gasteiger partial charge in [-0.15, -0.1) is 10.2 Å². The number of aryl methyl sites for hydroxylation is 4. The van der Waals surface area contributed by atoms with Gasteiger partial charge in [0.1, 0.15) is 11.4 Å². The lowest BCUT2D eigenvalue weighted by molar-refractivity contribution is -0.158. The fourth-order valence-corrected chi connectivity index (χ4v) is 3.86. The second-order valence-electron chi connectivity index (χ2n) is 9.67. The minimum atomic E-state index is -3.25. The van der Waals surface area contributed by atoms with E-state index in [0.29, 0.717) is 25.6 Å². The van der Waals surface area contributed by atoms with Crippen LogP contribution < -0.4 is 4.74 Å². The second-order valence-corrected chi connectivity index (χ2v) is 9.67. The zero-order valence-electron chi connectivity index (χ0n) is 21.4. The van der Waals surface area contributed by atoms with Gasteiger partial charge in [0.25, 0.3) is 0 Å². The van der Waals surface area contributed by atoms with Crippen LogP contribution in [0.15, 0.2) is 36.7 Å². The molecule has 0 spiro atoms. The highest BCUT2D eigenvalue weighted by Gasteiger charge is 2.23. The molecule has 2 heterocycles. The van der Waals surface area contributed by atoms with Gasteiger partial charge in [-0.05, 0) is 55.7 Å². The normalized spacial score (nSPS) is 11.8. The van der Waals surface area contributed by atoms with E-state index in [1.165, 1.54) is 25.0 Å². The molecule has 0 aliphatic carbocycles. The Morgan fingerprint density at radius 2 is 1.72 bits per heavy atom. The zero-order valence-corrected chi connectivity index (χ0v) is 21.4. The molecule has 8 nitrogen and oxygen atoms in total. The molecule has 10 heteroatoms. The third-order valence-corrected chi connectivity index (χ3v) is 5.74. The highest BCUT2D eigenvalue weighted by molar-refractivity contribution is 5.93. The number of hydrogen-bond acceptors (Lipinski definition) is 6. The SMILES string of the molecule is CC(C)CCCCc1cn(CCCCn2cc(C(=O)CCc3cccc(OC(C)(F)F)c3)nn2)nn1. The van der Waals surface area contributed by atoms with Crippen LogP contribution in [0, 0.1) is 5.92 Å². The first kappa shape index (κ1) is 27.4. The topological polar surface area (TPSA) is 87.7 Å². The molecule has 1 aromatic carbocycles. The van der Waals surface area contributed by atoms with Gasteiger partial charge in [0, 0.05) is 32.6 Å². The highest BCUT2D eigenvalue weighted by Crippen LogP contribution is 2.22. The molecule has 0 unspecified atom stereocenters. The summed E-state index contributed by atoms with van der Waals surface area (Å²) in [4.78, 5) is 12.5. The van der Waals surface area contributed by atoms with E-state index in [4.69, 9.17) is 0 Å². The van der Waals surface area contributed by atoms with Gasteiger partial charge in [0.05, 0.1) is 11.9 Å². The molecular weight excluding hydrogens is 466 g/mol. The Labute approximate surface area is 211 Å². The number of Topliss-reactive ketones (excluding diaryl/α,β-unsaturated/α-hetero) is 1. The lowest BCUT2D eigenvalue weighted by Crippen LogP contribution is -2.19. The van der Waals surface area contributed by atoms with Gasteiger partial charge in [-0.3, -0.25) is 14.2 Å². The molecule has 0 N–H and O–H groups in total. The molecule has 36 heavy (non-hydrogen) atoms. The van der Waals surface area contributed by atoms with Crippen molar-refractivity contribution in [3.05, 3.63) is 53.6 Å². The molecule has 0 fully saturated rings. The van der Waals surface area contributed by atoms with Crippen molar-refractivity contribution in [3.63, 3.8) is 0 Å². The van der Waals surface area contributed by atoms with Crippen molar-refractivity contribution in [3.8, 4) is 5.75 Å². The Hall–Kier alpha value is -3.17. The molecule has 3 rings (SSSR count). The number of carbonyl (C=O) groups excluding carboxylic acids is 1. The molecule has 0 saturated carbocycles. The monoisotopic (exact) mass is 502 g/mol. The van der Waals surface area contributed by atoms with Crippen molar-refractivity contribution in [2.75, 3.05) is 0 Å². The van der Waals surface area contributed by atoms with E-state index in [1.54, 1.807) is 23.0 Å². The van der Waals surface area contributed by atoms with E-state index < -0.39 is 6.11 Å². The van der Waals surface area contributed by atoms with Crippen molar-refractivity contribution in [2.24, 2.45) is 5.92 Å². The van der Waals surface area contributed by atoms with E-state index >= 15 is 0 Å². The molecule has 0 aliphatic heterocycles. The number of aromatic nitrogens is 6. The third-order valence-electron chi connectivity index (χ3n) is 5.74. The molecule has 196 valence electrons. The van der Waals surface area contributed by atoms with E-state index in [9.17, 15) is 13.6 Å². The standard InChI is InChI=1S/C26H36F2N6O2/c1-20(2)9-4-5-11-22-18-33(31-29-22)15-6-7-16-34-19-24(30-32-34)25(35)14-13-21-10-8-12-23(17-21)36-26(3,27)28/h8,10,12,17-20H,4-7,9,11,13-16H2,1-3H3. The number of benzene rings is 1. The predicted molar refractivity (Wildman–Crippen MR) is 132 cm³/mol. The second kappa shape index (κ2) is 13.2. The fourth-order valence-electron chi connectivity index (χ4n) is 3.86. The maximum absolute atomic E-state index is 13.0. The highest BCUT2D eigenvalue weighted by atomic mass is 19.3. The maximum Gasteiger partial charge on any atom is 0.394 e. The van der Waals surface area contributed by atoms with Crippen LogP contribution in [0.1, 0.15) is 81.0 Å². The van der Waals surface area contributed by atoms with Gasteiger partial charge < -0.3 is 4.74 Å². The number of halogens is 2. The van der Waals surface area contributed by atoms with Gasteiger partial charge in [0.15, 0.2) is 5.78 Å². The van der Waals surface area contributed by atoms with Gasteiger partial charge in [-0.2, -0.15) is 8.78 Å². The van der Waals surface area contributed by atoms with Crippen molar-refractivity contribution in [1.82, 2.24) is 30.0 Å². The summed E-state index contributed by atoms with van der Waals surface area (Å²) in [7, 11) is 0. The average molecular weight is 503 g/mol. The van der Waals surface area contributed by atoms with Crippen molar-refractivity contribution in [1.29, 1.82) is 0 Å². The van der Waals surface area contributed by atoms with Gasteiger partial charge in [0.2, 0.25) is 0 Å². The number of ketones is 1. The van der Waals surface area contributed by atoms with Crippen LogP contribution in [-0.4, -0.2) is 41.9 Å². The zero-order chi connectivity index (χ0) is 26.0. The molecule has 0 atom stereocenters. The molecule has 0 amide bonds. The van der Waals surface area contributed by atoms with Gasteiger partial charge >= 0.3 is 6.11 Å². The van der Waals surface area contributed by atoms with Crippen molar-refractivity contribution < 1.29 is 18.3 Å². The smallest absolute Gasteiger partial charge is 0.394 e. The van der Waals surface area contributed by atoms with Crippen molar-refractivity contribution >= 4 is 5.78 Å². The van der Waals surface area contributed by atoms with E-state index in [1.807, 2.05) is 10.9 Å². The van der Waals surface area contributed by atoms with E-state index in [0.717, 1.165) is 49.4 Å². The Morgan fingerprint density at radius 1 is 1.00 bits per heavy atom. The van der Waals surface area contributed by atoms with Gasteiger partial charge in [-0.25, -0.2) is 0 Å². The Bertz CT molecular complexity index is 1090. The average Bonchev–Trinajstić information content (AvgIpc) is 3.47. The fraction of sp³-hybridized carbons (Fsp3) is 0.577. The first-order valence-corrected chi connectivity index (χ1v) is 12.7. The number of nitrogens with zero attached hydrogens (tertiary/aromatic N) is 6. The number of alkyl halides is 2. The van der Waals surface area contributed by atoms with Crippen LogP contribution in [0.4, 0.5) is 8.78 Å². The number of hydrogen-bond donors (Lipinski definition) is 0. The van der Waals surface area contributed by atoms with E-state index in [-0.39, 0.29) is 18.0 Å².